The van der Waals surface area contributed by atoms with Crippen molar-refractivity contribution in [3.8, 4) is 0 Å². The van der Waals surface area contributed by atoms with Gasteiger partial charge in [-0.05, 0) is 30.3 Å². The summed E-state index contributed by atoms with van der Waals surface area (Å²) in [4.78, 5) is 20.0. The van der Waals surface area contributed by atoms with Crippen LogP contribution in [0.5, 0.6) is 0 Å². The van der Waals surface area contributed by atoms with Crippen LogP contribution in [0.25, 0.3) is 10.9 Å². The second-order valence-electron chi connectivity index (χ2n) is 4.45. The standard InChI is InChI=1S/C15H11FN4O/c16-10-6-9(7-18-8-10)15(21)20-13-4-3-12(17)14-11(13)2-1-5-19-14/h1-8H,17H2,(H,20,21). The predicted molar refractivity (Wildman–Crippen MR) is 78.3 cm³/mol. The highest BCUT2D eigenvalue weighted by Crippen LogP contribution is 2.26. The van der Waals surface area contributed by atoms with Crippen molar-refractivity contribution in [2.24, 2.45) is 0 Å². The molecule has 0 aliphatic heterocycles. The van der Waals surface area contributed by atoms with E-state index in [0.717, 1.165) is 17.6 Å². The van der Waals surface area contributed by atoms with Crippen LogP contribution >= 0.6 is 0 Å². The van der Waals surface area contributed by atoms with E-state index in [-0.39, 0.29) is 5.56 Å². The molecular formula is C15H11FN4O. The number of nitrogens with two attached hydrogens (primary N) is 1. The van der Waals surface area contributed by atoms with Gasteiger partial charge < -0.3 is 11.1 Å². The number of halogens is 1. The van der Waals surface area contributed by atoms with Crippen molar-refractivity contribution in [3.05, 3.63) is 60.3 Å². The van der Waals surface area contributed by atoms with E-state index in [1.165, 1.54) is 6.20 Å². The molecule has 2 aromatic heterocycles. The Labute approximate surface area is 119 Å². The van der Waals surface area contributed by atoms with Crippen LogP contribution in [0.3, 0.4) is 0 Å². The van der Waals surface area contributed by atoms with E-state index < -0.39 is 11.7 Å². The van der Waals surface area contributed by atoms with Crippen molar-refractivity contribution >= 4 is 28.2 Å². The lowest BCUT2D eigenvalue weighted by molar-refractivity contribution is 0.102. The van der Waals surface area contributed by atoms with Gasteiger partial charge in [-0.25, -0.2) is 4.39 Å². The molecule has 2 heterocycles. The third kappa shape index (κ3) is 2.51. The smallest absolute Gasteiger partial charge is 0.257 e. The minimum absolute atomic E-state index is 0.142. The lowest BCUT2D eigenvalue weighted by atomic mass is 10.1. The molecule has 0 saturated carbocycles. The van der Waals surface area contributed by atoms with Gasteiger partial charge in [0, 0.05) is 17.8 Å². The van der Waals surface area contributed by atoms with Crippen molar-refractivity contribution in [1.82, 2.24) is 9.97 Å². The maximum atomic E-state index is 13.1. The summed E-state index contributed by atoms with van der Waals surface area (Å²) in [5.74, 6) is -1.01. The van der Waals surface area contributed by atoms with Crippen LogP contribution in [0.15, 0.2) is 48.9 Å². The summed E-state index contributed by atoms with van der Waals surface area (Å²) in [5, 5.41) is 3.43. The van der Waals surface area contributed by atoms with Gasteiger partial charge in [0.15, 0.2) is 0 Å². The van der Waals surface area contributed by atoms with E-state index in [9.17, 15) is 9.18 Å². The number of nitrogens with one attached hydrogen (secondary N) is 1. The van der Waals surface area contributed by atoms with Gasteiger partial charge >= 0.3 is 0 Å². The monoisotopic (exact) mass is 282 g/mol. The van der Waals surface area contributed by atoms with Crippen molar-refractivity contribution in [1.29, 1.82) is 0 Å². The second-order valence-corrected chi connectivity index (χ2v) is 4.45. The zero-order valence-corrected chi connectivity index (χ0v) is 10.9. The van der Waals surface area contributed by atoms with Gasteiger partial charge in [0.2, 0.25) is 0 Å². The minimum atomic E-state index is -0.563. The Morgan fingerprint density at radius 1 is 1.24 bits per heavy atom. The minimum Gasteiger partial charge on any atom is -0.397 e. The van der Waals surface area contributed by atoms with Gasteiger partial charge in [0.1, 0.15) is 5.82 Å². The van der Waals surface area contributed by atoms with Crippen LogP contribution in [-0.4, -0.2) is 15.9 Å². The molecule has 3 rings (SSSR count). The second kappa shape index (κ2) is 5.16. The number of anilines is 2. The number of rotatable bonds is 2. The Kier molecular flexibility index (Phi) is 3.19. The van der Waals surface area contributed by atoms with Crippen LogP contribution < -0.4 is 11.1 Å². The molecular weight excluding hydrogens is 271 g/mol. The highest BCUT2D eigenvalue weighted by molar-refractivity contribution is 6.10. The largest absolute Gasteiger partial charge is 0.397 e. The molecule has 1 amide bonds. The zero-order valence-electron chi connectivity index (χ0n) is 10.9. The number of carbonyl (C=O) groups excluding carboxylic acids is 1. The first-order valence-electron chi connectivity index (χ1n) is 6.20. The number of benzene rings is 1. The van der Waals surface area contributed by atoms with Gasteiger partial charge in [-0.3, -0.25) is 14.8 Å². The van der Waals surface area contributed by atoms with Crippen LogP contribution in [0.1, 0.15) is 10.4 Å². The Bertz CT molecular complexity index is 835. The summed E-state index contributed by atoms with van der Waals surface area (Å²) in [7, 11) is 0. The fraction of sp³-hybridized carbons (Fsp3) is 0. The quantitative estimate of drug-likeness (QED) is 0.708. The maximum absolute atomic E-state index is 13.1. The van der Waals surface area contributed by atoms with E-state index in [1.807, 2.05) is 0 Å². The molecule has 3 aromatic rings. The van der Waals surface area contributed by atoms with Crippen LogP contribution in [0.4, 0.5) is 15.8 Å². The Hall–Kier alpha value is -3.02. The molecule has 3 N–H and O–H groups in total. The first-order chi connectivity index (χ1) is 10.1. The average molecular weight is 282 g/mol. The molecule has 104 valence electrons. The molecule has 0 atom stereocenters. The first kappa shape index (κ1) is 13.0. The topological polar surface area (TPSA) is 80.9 Å². The highest BCUT2D eigenvalue weighted by Gasteiger charge is 2.11. The molecule has 0 unspecified atom stereocenters. The summed E-state index contributed by atoms with van der Waals surface area (Å²) in [6.07, 6.45) is 3.97. The Morgan fingerprint density at radius 2 is 2.10 bits per heavy atom. The van der Waals surface area contributed by atoms with Gasteiger partial charge in [-0.15, -0.1) is 0 Å². The van der Waals surface area contributed by atoms with E-state index >= 15 is 0 Å². The fourth-order valence-electron chi connectivity index (χ4n) is 2.03. The third-order valence-electron chi connectivity index (χ3n) is 3.02. The predicted octanol–water partition coefficient (Wildman–Crippen LogP) is 2.60. The summed E-state index contributed by atoms with van der Waals surface area (Å²) < 4.78 is 13.1. The maximum Gasteiger partial charge on any atom is 0.257 e. The van der Waals surface area contributed by atoms with Crippen molar-refractivity contribution in [2.75, 3.05) is 11.1 Å². The van der Waals surface area contributed by atoms with Gasteiger partial charge in [0.25, 0.3) is 5.91 Å². The number of hydrogen-bond donors (Lipinski definition) is 2. The van der Waals surface area contributed by atoms with E-state index in [2.05, 4.69) is 15.3 Å². The Balaban J connectivity index is 1.99. The van der Waals surface area contributed by atoms with Gasteiger partial charge in [0.05, 0.1) is 28.7 Å². The summed E-state index contributed by atoms with van der Waals surface area (Å²) >= 11 is 0. The number of aromatic nitrogens is 2. The van der Waals surface area contributed by atoms with Crippen molar-refractivity contribution < 1.29 is 9.18 Å². The molecule has 21 heavy (non-hydrogen) atoms. The van der Waals surface area contributed by atoms with E-state index in [0.29, 0.717) is 16.9 Å². The van der Waals surface area contributed by atoms with Crippen LogP contribution in [-0.2, 0) is 0 Å². The number of nitrogens with zero attached hydrogens (tertiary/aromatic N) is 2. The van der Waals surface area contributed by atoms with Crippen molar-refractivity contribution in [2.45, 2.75) is 0 Å². The van der Waals surface area contributed by atoms with Crippen molar-refractivity contribution in [3.63, 3.8) is 0 Å². The number of pyridine rings is 2. The molecule has 0 aliphatic carbocycles. The number of amides is 1. The number of carbonyl (C=O) groups is 1. The molecule has 6 heteroatoms. The average Bonchev–Trinajstić information content (AvgIpc) is 2.50. The van der Waals surface area contributed by atoms with E-state index in [1.54, 1.807) is 30.5 Å². The number of hydrogen-bond acceptors (Lipinski definition) is 4. The molecule has 0 saturated heterocycles. The molecule has 0 spiro atoms. The molecule has 0 aliphatic rings. The highest BCUT2D eigenvalue weighted by atomic mass is 19.1. The van der Waals surface area contributed by atoms with E-state index in [4.69, 9.17) is 5.73 Å². The Morgan fingerprint density at radius 3 is 2.90 bits per heavy atom. The summed E-state index contributed by atoms with van der Waals surface area (Å²) in [6.45, 7) is 0. The lowest BCUT2D eigenvalue weighted by Crippen LogP contribution is -2.13. The third-order valence-corrected chi connectivity index (χ3v) is 3.02. The number of fused-ring (bicyclic) bond motifs is 1. The molecule has 0 radical (unpaired) electrons. The zero-order chi connectivity index (χ0) is 14.8. The normalized spacial score (nSPS) is 10.5. The van der Waals surface area contributed by atoms with Crippen LogP contribution in [0.2, 0.25) is 0 Å². The fourth-order valence-corrected chi connectivity index (χ4v) is 2.03. The van der Waals surface area contributed by atoms with Gasteiger partial charge in [-0.1, -0.05) is 0 Å². The SMILES string of the molecule is Nc1ccc(NC(=O)c2cncc(F)c2)c2cccnc12. The number of nitrogen functional groups attached to an aromatic ring is 1. The molecule has 5 nitrogen and oxygen atoms in total. The van der Waals surface area contributed by atoms with Crippen LogP contribution in [0, 0.1) is 5.82 Å². The van der Waals surface area contributed by atoms with Gasteiger partial charge in [-0.2, -0.15) is 0 Å². The first-order valence-corrected chi connectivity index (χ1v) is 6.20. The molecule has 1 aromatic carbocycles. The lowest BCUT2D eigenvalue weighted by Gasteiger charge is -2.09. The summed E-state index contributed by atoms with van der Waals surface area (Å²) in [5.41, 5.74) is 7.68. The molecule has 0 fully saturated rings. The summed E-state index contributed by atoms with van der Waals surface area (Å²) in [6, 6.07) is 8.03. The molecule has 0 bridgehead atoms.